The molecule has 3 rings (SSSR count). The van der Waals surface area contributed by atoms with Crippen LogP contribution in [0.25, 0.3) is 0 Å². The number of hydrogen-bond donors (Lipinski definition) is 2. The van der Waals surface area contributed by atoms with Crippen LogP contribution in [0.1, 0.15) is 16.1 Å². The number of sulfonamides is 1. The van der Waals surface area contributed by atoms with Gasteiger partial charge in [-0.05, 0) is 12.1 Å². The minimum atomic E-state index is -3.84. The van der Waals surface area contributed by atoms with Gasteiger partial charge in [0.25, 0.3) is 15.9 Å². The number of rotatable bonds is 3. The van der Waals surface area contributed by atoms with E-state index in [0.717, 1.165) is 15.8 Å². The monoisotopic (exact) mass is 311 g/mol. The molecule has 2 aromatic rings. The second kappa shape index (κ2) is 4.51. The highest BCUT2D eigenvalue weighted by molar-refractivity contribution is 7.90. The average molecular weight is 311 g/mol. The lowest BCUT2D eigenvalue weighted by Gasteiger charge is -2.13. The van der Waals surface area contributed by atoms with Gasteiger partial charge in [-0.15, -0.1) is 5.10 Å². The molecule has 0 saturated carbocycles. The first-order valence-electron chi connectivity index (χ1n) is 5.49. The smallest absolute Gasteiger partial charge is 0.269 e. The number of nitrogens with two attached hydrogens (primary N) is 1. The second-order valence-corrected chi connectivity index (χ2v) is 6.59. The van der Waals surface area contributed by atoms with Crippen molar-refractivity contribution in [1.29, 1.82) is 0 Å². The molecule has 2 heterocycles. The molecule has 0 saturated heterocycles. The fourth-order valence-corrected chi connectivity index (χ4v) is 3.96. The van der Waals surface area contributed by atoms with Crippen molar-refractivity contribution in [2.45, 2.75) is 11.4 Å². The van der Waals surface area contributed by atoms with Crippen LogP contribution in [0.3, 0.4) is 0 Å². The number of amides is 1. The molecule has 1 aromatic carbocycles. The summed E-state index contributed by atoms with van der Waals surface area (Å²) in [7, 11) is -3.84. The molecule has 0 unspecified atom stereocenters. The minimum absolute atomic E-state index is 0.00967. The zero-order chi connectivity index (χ0) is 14.3. The van der Waals surface area contributed by atoms with Crippen molar-refractivity contribution in [3.8, 4) is 0 Å². The number of hydrazine groups is 1. The van der Waals surface area contributed by atoms with Crippen LogP contribution < -0.4 is 11.3 Å². The van der Waals surface area contributed by atoms with Crippen molar-refractivity contribution < 1.29 is 13.2 Å². The van der Waals surface area contributed by atoms with E-state index in [1.165, 1.54) is 12.1 Å². The molecule has 0 bridgehead atoms. The summed E-state index contributed by atoms with van der Waals surface area (Å²) in [5.74, 6) is 4.71. The number of carbonyl (C=O) groups is 1. The molecule has 1 aliphatic rings. The standard InChI is InChI=1S/C10H9N5O3S2/c11-12-9-7(13-14-19-9)5-15-10(16)6-3-1-2-4-8(6)20(15,17)18/h1-4,12H,5,11H2. The molecule has 8 nitrogen and oxygen atoms in total. The van der Waals surface area contributed by atoms with E-state index in [2.05, 4.69) is 15.0 Å². The maximum atomic E-state index is 12.3. The molecular weight excluding hydrogens is 302 g/mol. The van der Waals surface area contributed by atoms with Crippen molar-refractivity contribution >= 4 is 32.5 Å². The Bertz CT molecular complexity index is 786. The number of carbonyl (C=O) groups excluding carboxylic acids is 1. The Labute approximate surface area is 118 Å². The van der Waals surface area contributed by atoms with Crippen LogP contribution in [0.2, 0.25) is 0 Å². The van der Waals surface area contributed by atoms with E-state index in [1.54, 1.807) is 12.1 Å². The fourth-order valence-electron chi connectivity index (χ4n) is 1.94. The number of aromatic nitrogens is 2. The Balaban J connectivity index is 2.03. The summed E-state index contributed by atoms with van der Waals surface area (Å²) in [6.07, 6.45) is 0. The van der Waals surface area contributed by atoms with Gasteiger partial charge in [0.2, 0.25) is 0 Å². The Kier molecular flexibility index (Phi) is 2.92. The van der Waals surface area contributed by atoms with Gasteiger partial charge in [-0.1, -0.05) is 16.6 Å². The number of benzene rings is 1. The molecule has 1 aliphatic heterocycles. The molecule has 1 aromatic heterocycles. The summed E-state index contributed by atoms with van der Waals surface area (Å²) in [6, 6.07) is 6.08. The van der Waals surface area contributed by atoms with E-state index in [0.29, 0.717) is 10.7 Å². The minimum Gasteiger partial charge on any atom is -0.313 e. The number of fused-ring (bicyclic) bond motifs is 1. The van der Waals surface area contributed by atoms with Crippen LogP contribution in [0.15, 0.2) is 29.2 Å². The van der Waals surface area contributed by atoms with Crippen LogP contribution >= 0.6 is 11.5 Å². The lowest BCUT2D eigenvalue weighted by Crippen LogP contribution is -2.30. The first-order chi connectivity index (χ1) is 9.55. The van der Waals surface area contributed by atoms with Gasteiger partial charge in [-0.3, -0.25) is 4.79 Å². The van der Waals surface area contributed by atoms with Gasteiger partial charge in [0.15, 0.2) is 0 Å². The van der Waals surface area contributed by atoms with Crippen LogP contribution in [0.4, 0.5) is 5.00 Å². The van der Waals surface area contributed by atoms with E-state index >= 15 is 0 Å². The third kappa shape index (κ3) is 1.77. The van der Waals surface area contributed by atoms with Gasteiger partial charge in [-0.25, -0.2) is 18.6 Å². The Hall–Kier alpha value is -2.04. The number of nitrogens with zero attached hydrogens (tertiary/aromatic N) is 3. The van der Waals surface area contributed by atoms with Gasteiger partial charge >= 0.3 is 0 Å². The molecule has 3 N–H and O–H groups in total. The second-order valence-electron chi connectivity index (χ2n) is 4.01. The Morgan fingerprint density at radius 2 is 2.10 bits per heavy atom. The Morgan fingerprint density at radius 1 is 1.35 bits per heavy atom. The SMILES string of the molecule is NNc1snnc1CN1C(=O)c2ccccc2S1(=O)=O. The first-order valence-corrected chi connectivity index (χ1v) is 7.71. The van der Waals surface area contributed by atoms with Crippen molar-refractivity contribution in [1.82, 2.24) is 13.9 Å². The summed E-state index contributed by atoms with van der Waals surface area (Å²) in [4.78, 5) is 12.2. The zero-order valence-electron chi connectivity index (χ0n) is 9.98. The van der Waals surface area contributed by atoms with Crippen LogP contribution in [0, 0.1) is 0 Å². The lowest BCUT2D eigenvalue weighted by molar-refractivity contribution is 0.0864. The molecule has 20 heavy (non-hydrogen) atoms. The molecule has 104 valence electrons. The number of anilines is 1. The Morgan fingerprint density at radius 3 is 2.80 bits per heavy atom. The molecular formula is C10H9N5O3S2. The number of hydrogen-bond acceptors (Lipinski definition) is 8. The third-order valence-corrected chi connectivity index (χ3v) is 5.38. The number of nitrogen functional groups attached to an aromatic ring is 1. The van der Waals surface area contributed by atoms with E-state index in [9.17, 15) is 13.2 Å². The summed E-state index contributed by atoms with van der Waals surface area (Å²) in [6.45, 7) is -0.202. The van der Waals surface area contributed by atoms with Gasteiger partial charge in [0.05, 0.1) is 12.1 Å². The predicted molar refractivity (Wildman–Crippen MR) is 71.2 cm³/mol. The van der Waals surface area contributed by atoms with Gasteiger partial charge in [-0.2, -0.15) is 0 Å². The molecule has 0 spiro atoms. The quantitative estimate of drug-likeness (QED) is 0.612. The van der Waals surface area contributed by atoms with E-state index < -0.39 is 15.9 Å². The topological polar surface area (TPSA) is 118 Å². The molecule has 0 aliphatic carbocycles. The van der Waals surface area contributed by atoms with Crippen molar-refractivity contribution in [2.24, 2.45) is 5.84 Å². The molecule has 0 radical (unpaired) electrons. The van der Waals surface area contributed by atoms with Crippen molar-refractivity contribution in [2.75, 3.05) is 5.43 Å². The van der Waals surface area contributed by atoms with Gasteiger partial charge < -0.3 is 5.43 Å². The van der Waals surface area contributed by atoms with Crippen molar-refractivity contribution in [3.05, 3.63) is 35.5 Å². The largest absolute Gasteiger partial charge is 0.313 e. The van der Waals surface area contributed by atoms with Gasteiger partial charge in [0, 0.05) is 11.5 Å². The highest BCUT2D eigenvalue weighted by Crippen LogP contribution is 2.32. The fraction of sp³-hybridized carbons (Fsp3) is 0.100. The predicted octanol–water partition coefficient (Wildman–Crippen LogP) is 0.168. The van der Waals surface area contributed by atoms with Crippen LogP contribution in [0.5, 0.6) is 0 Å². The lowest BCUT2D eigenvalue weighted by atomic mass is 10.2. The highest BCUT2D eigenvalue weighted by atomic mass is 32.2. The summed E-state index contributed by atoms with van der Waals surface area (Å²) in [5.41, 5.74) is 2.85. The van der Waals surface area contributed by atoms with Gasteiger partial charge in [0.1, 0.15) is 15.6 Å². The van der Waals surface area contributed by atoms with E-state index in [4.69, 9.17) is 5.84 Å². The molecule has 0 fully saturated rings. The van der Waals surface area contributed by atoms with Crippen LogP contribution in [-0.4, -0.2) is 28.2 Å². The average Bonchev–Trinajstić information content (AvgIpc) is 2.97. The normalized spacial score (nSPS) is 16.2. The maximum Gasteiger partial charge on any atom is 0.269 e. The van der Waals surface area contributed by atoms with Crippen molar-refractivity contribution in [3.63, 3.8) is 0 Å². The van der Waals surface area contributed by atoms with Crippen LogP contribution in [-0.2, 0) is 16.6 Å². The summed E-state index contributed by atoms with van der Waals surface area (Å²) >= 11 is 0.988. The molecule has 10 heteroatoms. The summed E-state index contributed by atoms with van der Waals surface area (Å²) in [5, 5.41) is 4.20. The van der Waals surface area contributed by atoms with E-state index in [1.807, 2.05) is 0 Å². The van der Waals surface area contributed by atoms with E-state index in [-0.39, 0.29) is 17.0 Å². The molecule has 1 amide bonds. The summed E-state index contributed by atoms with van der Waals surface area (Å²) < 4.78 is 29.1. The third-order valence-electron chi connectivity index (χ3n) is 2.89. The zero-order valence-corrected chi connectivity index (χ0v) is 11.6. The highest BCUT2D eigenvalue weighted by Gasteiger charge is 2.41. The maximum absolute atomic E-state index is 12.3. The number of nitrogens with one attached hydrogen (secondary N) is 1. The first kappa shape index (κ1) is 13.0. The molecule has 0 atom stereocenters.